The highest BCUT2D eigenvalue weighted by molar-refractivity contribution is 5.36. The van der Waals surface area contributed by atoms with Crippen molar-refractivity contribution in [2.45, 2.75) is 20.0 Å². The van der Waals surface area contributed by atoms with Gasteiger partial charge < -0.3 is 19.7 Å². The summed E-state index contributed by atoms with van der Waals surface area (Å²) in [6, 6.07) is 7.77. The van der Waals surface area contributed by atoms with Crippen molar-refractivity contribution in [1.82, 2.24) is 14.8 Å². The van der Waals surface area contributed by atoms with E-state index in [4.69, 9.17) is 0 Å². The maximum Gasteiger partial charge on any atom is 0.293 e. The fraction of sp³-hybridized carbons (Fsp3) is 0.400. The van der Waals surface area contributed by atoms with Crippen LogP contribution in [0.5, 0.6) is 5.75 Å². The van der Waals surface area contributed by atoms with Crippen molar-refractivity contribution in [3.63, 3.8) is 0 Å². The zero-order valence-corrected chi connectivity index (χ0v) is 15.9. The summed E-state index contributed by atoms with van der Waals surface area (Å²) in [4.78, 5) is 23.7. The number of aromatic hydroxyl groups is 1. The van der Waals surface area contributed by atoms with E-state index in [0.29, 0.717) is 31.7 Å². The number of ether oxygens (including phenoxy) is 1. The van der Waals surface area contributed by atoms with E-state index in [1.165, 1.54) is 16.7 Å². The second-order valence-electron chi connectivity index (χ2n) is 6.33. The van der Waals surface area contributed by atoms with E-state index in [9.17, 15) is 19.1 Å². The fourth-order valence-electron chi connectivity index (χ4n) is 2.82. The standard InChI is InChI=1S/C17H20FN3O2.C3H6O2/c18-15-3-1-13(2-4-15)11-21-8-5-14(16(22)17(21)23)12-20-9-6-19-7-10-20;1-2-5-3-4/h1-5,8,19,22H,6-7,9-12H2;3H,2H2,1H3. The Morgan fingerprint density at radius 2 is 1.86 bits per heavy atom. The molecule has 1 aromatic carbocycles. The van der Waals surface area contributed by atoms with Gasteiger partial charge in [-0.3, -0.25) is 14.5 Å². The molecule has 1 aliphatic rings. The number of pyridine rings is 1. The van der Waals surface area contributed by atoms with Crippen LogP contribution >= 0.6 is 0 Å². The Kier molecular flexibility index (Phi) is 8.64. The SMILES string of the molecule is CCOC=O.O=c1c(O)c(CN2CCNCC2)ccn1Cc1ccc(F)cc1. The second-order valence-corrected chi connectivity index (χ2v) is 6.33. The number of rotatable bonds is 6. The summed E-state index contributed by atoms with van der Waals surface area (Å²) in [5, 5.41) is 13.5. The molecule has 0 atom stereocenters. The first-order valence-corrected chi connectivity index (χ1v) is 9.19. The molecule has 0 aliphatic carbocycles. The maximum atomic E-state index is 12.9. The van der Waals surface area contributed by atoms with Gasteiger partial charge in [-0.15, -0.1) is 0 Å². The third kappa shape index (κ3) is 6.47. The van der Waals surface area contributed by atoms with Gasteiger partial charge in [0.2, 0.25) is 0 Å². The normalized spacial score (nSPS) is 14.1. The Balaban J connectivity index is 0.000000500. The number of halogens is 1. The molecule has 152 valence electrons. The molecule has 0 amide bonds. The van der Waals surface area contributed by atoms with Crippen LogP contribution in [0.3, 0.4) is 0 Å². The monoisotopic (exact) mass is 391 g/mol. The van der Waals surface area contributed by atoms with Crippen molar-refractivity contribution in [3.8, 4) is 5.75 Å². The van der Waals surface area contributed by atoms with Crippen LogP contribution in [0.25, 0.3) is 0 Å². The Morgan fingerprint density at radius 1 is 1.18 bits per heavy atom. The molecule has 8 heteroatoms. The third-order valence-corrected chi connectivity index (χ3v) is 4.33. The fourth-order valence-corrected chi connectivity index (χ4v) is 2.82. The molecule has 0 radical (unpaired) electrons. The van der Waals surface area contributed by atoms with Gasteiger partial charge in [0.05, 0.1) is 13.2 Å². The van der Waals surface area contributed by atoms with Gasteiger partial charge in [0.25, 0.3) is 12.0 Å². The first-order valence-electron chi connectivity index (χ1n) is 9.19. The number of hydrogen-bond acceptors (Lipinski definition) is 6. The highest BCUT2D eigenvalue weighted by Gasteiger charge is 2.15. The Labute approximate surface area is 163 Å². The number of nitrogens with one attached hydrogen (secondary N) is 1. The van der Waals surface area contributed by atoms with Crippen molar-refractivity contribution in [3.05, 3.63) is 63.8 Å². The summed E-state index contributed by atoms with van der Waals surface area (Å²) < 4.78 is 18.5. The first kappa shape index (κ1) is 21.6. The molecule has 0 saturated carbocycles. The van der Waals surface area contributed by atoms with Crippen molar-refractivity contribution in [1.29, 1.82) is 0 Å². The summed E-state index contributed by atoms with van der Waals surface area (Å²) in [6.45, 7) is 7.18. The Bertz CT molecular complexity index is 802. The lowest BCUT2D eigenvalue weighted by atomic mass is 10.2. The molecule has 7 nitrogen and oxygen atoms in total. The van der Waals surface area contributed by atoms with Crippen molar-refractivity contribution in [2.24, 2.45) is 0 Å². The molecule has 1 aromatic heterocycles. The quantitative estimate of drug-likeness (QED) is 0.723. The van der Waals surface area contributed by atoms with Crippen LogP contribution in [-0.4, -0.2) is 53.8 Å². The summed E-state index contributed by atoms with van der Waals surface area (Å²) in [5.41, 5.74) is 1.04. The summed E-state index contributed by atoms with van der Waals surface area (Å²) >= 11 is 0. The number of carbonyl (C=O) groups excluding carboxylic acids is 1. The number of nitrogens with zero attached hydrogens (tertiary/aromatic N) is 2. The Morgan fingerprint density at radius 3 is 2.43 bits per heavy atom. The molecule has 1 fully saturated rings. The number of aromatic nitrogens is 1. The molecular formula is C20H26FN3O4. The van der Waals surface area contributed by atoms with Gasteiger partial charge >= 0.3 is 0 Å². The molecule has 2 aromatic rings. The van der Waals surface area contributed by atoms with E-state index >= 15 is 0 Å². The minimum absolute atomic E-state index is 0.201. The zero-order valence-electron chi connectivity index (χ0n) is 15.9. The van der Waals surface area contributed by atoms with E-state index in [-0.39, 0.29) is 11.6 Å². The minimum Gasteiger partial charge on any atom is -0.503 e. The summed E-state index contributed by atoms with van der Waals surface area (Å²) in [7, 11) is 0. The van der Waals surface area contributed by atoms with E-state index in [0.717, 1.165) is 31.7 Å². The molecule has 1 saturated heterocycles. The van der Waals surface area contributed by atoms with Crippen LogP contribution in [-0.2, 0) is 22.6 Å². The predicted molar refractivity (Wildman–Crippen MR) is 104 cm³/mol. The van der Waals surface area contributed by atoms with Crippen LogP contribution in [0.15, 0.2) is 41.3 Å². The van der Waals surface area contributed by atoms with Crippen LogP contribution in [0.2, 0.25) is 0 Å². The molecule has 0 spiro atoms. The summed E-state index contributed by atoms with van der Waals surface area (Å²) in [5.74, 6) is -0.511. The average molecular weight is 391 g/mol. The van der Waals surface area contributed by atoms with Gasteiger partial charge in [0.1, 0.15) is 5.82 Å². The van der Waals surface area contributed by atoms with Gasteiger partial charge in [-0.2, -0.15) is 0 Å². The summed E-state index contributed by atoms with van der Waals surface area (Å²) in [6.07, 6.45) is 1.68. The number of carbonyl (C=O) groups is 1. The molecule has 0 unspecified atom stereocenters. The minimum atomic E-state index is -0.415. The lowest BCUT2D eigenvalue weighted by Gasteiger charge is -2.27. The van der Waals surface area contributed by atoms with Crippen LogP contribution in [0, 0.1) is 5.82 Å². The second kappa shape index (κ2) is 11.2. The highest BCUT2D eigenvalue weighted by Crippen LogP contribution is 2.15. The van der Waals surface area contributed by atoms with Crippen LogP contribution in [0.4, 0.5) is 4.39 Å². The van der Waals surface area contributed by atoms with E-state index < -0.39 is 5.56 Å². The lowest BCUT2D eigenvalue weighted by Crippen LogP contribution is -2.43. The molecule has 2 N–H and O–H groups in total. The van der Waals surface area contributed by atoms with Gasteiger partial charge in [0.15, 0.2) is 5.75 Å². The smallest absolute Gasteiger partial charge is 0.293 e. The largest absolute Gasteiger partial charge is 0.503 e. The maximum absolute atomic E-state index is 12.9. The van der Waals surface area contributed by atoms with Crippen molar-refractivity contribution in [2.75, 3.05) is 32.8 Å². The molecular weight excluding hydrogens is 365 g/mol. The van der Waals surface area contributed by atoms with Gasteiger partial charge in [0, 0.05) is 44.5 Å². The average Bonchev–Trinajstić information content (AvgIpc) is 2.71. The molecule has 28 heavy (non-hydrogen) atoms. The number of piperazine rings is 1. The molecule has 3 rings (SSSR count). The van der Waals surface area contributed by atoms with Crippen molar-refractivity contribution < 1.29 is 19.0 Å². The van der Waals surface area contributed by atoms with Crippen LogP contribution < -0.4 is 10.9 Å². The molecule has 2 heterocycles. The van der Waals surface area contributed by atoms with Gasteiger partial charge in [-0.05, 0) is 30.7 Å². The number of benzene rings is 1. The zero-order chi connectivity index (χ0) is 20.4. The topological polar surface area (TPSA) is 83.8 Å². The van der Waals surface area contributed by atoms with Gasteiger partial charge in [-0.25, -0.2) is 4.39 Å². The van der Waals surface area contributed by atoms with Gasteiger partial charge in [-0.1, -0.05) is 12.1 Å². The van der Waals surface area contributed by atoms with E-state index in [1.807, 2.05) is 0 Å². The predicted octanol–water partition coefficient (Wildman–Crippen LogP) is 1.33. The number of hydrogen-bond donors (Lipinski definition) is 2. The Hall–Kier alpha value is -2.71. The van der Waals surface area contributed by atoms with E-state index in [1.54, 1.807) is 31.3 Å². The molecule has 0 bridgehead atoms. The van der Waals surface area contributed by atoms with Crippen molar-refractivity contribution >= 4 is 6.47 Å². The third-order valence-electron chi connectivity index (χ3n) is 4.33. The highest BCUT2D eigenvalue weighted by atomic mass is 19.1. The first-order chi connectivity index (χ1) is 13.5. The molecule has 1 aliphatic heterocycles. The lowest BCUT2D eigenvalue weighted by molar-refractivity contribution is -0.128. The van der Waals surface area contributed by atoms with Crippen LogP contribution in [0.1, 0.15) is 18.1 Å². The van der Waals surface area contributed by atoms with E-state index in [2.05, 4.69) is 15.0 Å².